The van der Waals surface area contributed by atoms with Gasteiger partial charge in [-0.3, -0.25) is 0 Å². The van der Waals surface area contributed by atoms with Crippen molar-refractivity contribution in [2.45, 2.75) is 25.8 Å². The molecule has 0 amide bonds. The third-order valence-corrected chi connectivity index (χ3v) is 6.00. The molecule has 0 aliphatic carbocycles. The Morgan fingerprint density at radius 2 is 1.94 bits per heavy atom. The molecule has 0 fully saturated rings. The first-order chi connectivity index (χ1) is 15.2. The second-order valence-corrected chi connectivity index (χ2v) is 8.27. The average molecular weight is 487 g/mol. The number of rotatable bonds is 1. The Morgan fingerprint density at radius 3 is 2.84 bits per heavy atom. The van der Waals surface area contributed by atoms with Crippen LogP contribution in [-0.2, 0) is 6.54 Å². The summed E-state index contributed by atoms with van der Waals surface area (Å²) >= 11 is 3.61. The van der Waals surface area contributed by atoms with Crippen molar-refractivity contribution in [2.24, 2.45) is 0 Å². The van der Waals surface area contributed by atoms with Crippen LogP contribution in [0.1, 0.15) is 24.8 Å². The summed E-state index contributed by atoms with van der Waals surface area (Å²) in [4.78, 5) is 8.94. The molecule has 5 rings (SSSR count). The van der Waals surface area contributed by atoms with E-state index in [4.69, 9.17) is 18.9 Å². The first-order valence-electron chi connectivity index (χ1n) is 10.3. The monoisotopic (exact) mass is 486 g/mol. The van der Waals surface area contributed by atoms with Crippen molar-refractivity contribution >= 4 is 38.3 Å². The molecule has 2 aromatic carbocycles. The molecule has 0 saturated carbocycles. The zero-order valence-electron chi connectivity index (χ0n) is 17.2. The van der Waals surface area contributed by atoms with Gasteiger partial charge < -0.3 is 29.6 Å². The van der Waals surface area contributed by atoms with Crippen molar-refractivity contribution < 1.29 is 18.9 Å². The van der Waals surface area contributed by atoms with Crippen LogP contribution in [0.3, 0.4) is 0 Å². The lowest BCUT2D eigenvalue weighted by molar-refractivity contribution is 0.174. The fourth-order valence-electron chi connectivity index (χ4n) is 3.84. The minimum Gasteiger partial charge on any atom is -0.493 e. The smallest absolute Gasteiger partial charge is 0.231 e. The average Bonchev–Trinajstić information content (AvgIpc) is 3.27. The van der Waals surface area contributed by atoms with Crippen LogP contribution in [0.5, 0.6) is 23.0 Å². The van der Waals surface area contributed by atoms with Crippen LogP contribution < -0.4 is 29.6 Å². The number of hydrogen-bond donors (Lipinski definition) is 2. The number of ether oxygens (including phenoxy) is 4. The lowest BCUT2D eigenvalue weighted by Gasteiger charge is -2.17. The molecule has 2 aliphatic rings. The van der Waals surface area contributed by atoms with Gasteiger partial charge in [0, 0.05) is 18.0 Å². The number of nitrogens with zero attached hydrogens (tertiary/aromatic N) is 2. The number of halogens is 1. The van der Waals surface area contributed by atoms with Crippen molar-refractivity contribution in [3.63, 3.8) is 0 Å². The quantitative estimate of drug-likeness (QED) is 0.518. The summed E-state index contributed by atoms with van der Waals surface area (Å²) in [5, 5.41) is 7.84. The fraction of sp³-hybridized carbons (Fsp3) is 0.364. The van der Waals surface area contributed by atoms with Gasteiger partial charge in [0.1, 0.15) is 12.1 Å². The van der Waals surface area contributed by atoms with Gasteiger partial charge in [0.25, 0.3) is 0 Å². The first-order valence-corrected chi connectivity index (χ1v) is 11.1. The molecule has 8 nitrogen and oxygen atoms in total. The Morgan fingerprint density at radius 1 is 1.03 bits per heavy atom. The van der Waals surface area contributed by atoms with Crippen LogP contribution in [0.2, 0.25) is 0 Å². The number of benzene rings is 2. The second kappa shape index (κ2) is 8.76. The Labute approximate surface area is 188 Å². The maximum Gasteiger partial charge on any atom is 0.231 e. The van der Waals surface area contributed by atoms with E-state index in [9.17, 15) is 0 Å². The van der Waals surface area contributed by atoms with Crippen LogP contribution in [0.25, 0.3) is 10.9 Å². The summed E-state index contributed by atoms with van der Waals surface area (Å²) in [5.74, 6) is 3.36. The van der Waals surface area contributed by atoms with Crippen molar-refractivity contribution in [1.82, 2.24) is 15.3 Å². The maximum atomic E-state index is 6.04. The minimum absolute atomic E-state index is 0.180. The number of anilines is 2. The molecular formula is C22H23BrN4O4. The molecule has 0 spiro atoms. The van der Waals surface area contributed by atoms with E-state index in [0.717, 1.165) is 52.4 Å². The maximum absolute atomic E-state index is 6.04. The molecule has 3 heterocycles. The van der Waals surface area contributed by atoms with E-state index in [1.807, 2.05) is 12.1 Å². The van der Waals surface area contributed by atoms with E-state index < -0.39 is 0 Å². The highest BCUT2D eigenvalue weighted by Crippen LogP contribution is 2.48. The molecule has 0 radical (unpaired) electrons. The van der Waals surface area contributed by atoms with E-state index >= 15 is 0 Å². The molecule has 2 aliphatic heterocycles. The van der Waals surface area contributed by atoms with Gasteiger partial charge in [0.15, 0.2) is 23.0 Å². The van der Waals surface area contributed by atoms with Gasteiger partial charge in [-0.05, 0) is 59.4 Å². The highest BCUT2D eigenvalue weighted by atomic mass is 79.9. The number of methoxy groups -OCH3 is 1. The van der Waals surface area contributed by atoms with Crippen LogP contribution in [0.4, 0.5) is 11.5 Å². The molecule has 2 bridgehead atoms. The summed E-state index contributed by atoms with van der Waals surface area (Å²) in [7, 11) is 1.64. The normalized spacial score (nSPS) is 16.1. The lowest BCUT2D eigenvalue weighted by Crippen LogP contribution is -2.16. The SMILES string of the molecule is COc1cc2ncnc3c2cc1OCCCCCNCc1cc(Br)c2c(c1N3)OCO2. The molecule has 3 aromatic rings. The third kappa shape index (κ3) is 3.95. The van der Waals surface area contributed by atoms with Gasteiger partial charge in [-0.15, -0.1) is 0 Å². The largest absolute Gasteiger partial charge is 0.493 e. The summed E-state index contributed by atoms with van der Waals surface area (Å²) in [5.41, 5.74) is 2.65. The zero-order valence-corrected chi connectivity index (χ0v) is 18.8. The van der Waals surface area contributed by atoms with Crippen LogP contribution in [0.15, 0.2) is 29.0 Å². The lowest BCUT2D eigenvalue weighted by atomic mass is 10.1. The third-order valence-electron chi connectivity index (χ3n) is 5.41. The van der Waals surface area contributed by atoms with E-state index in [1.165, 1.54) is 6.33 Å². The van der Waals surface area contributed by atoms with Crippen molar-refractivity contribution in [2.75, 3.05) is 32.4 Å². The Hall–Kier alpha value is -2.78. The molecule has 1 aromatic heterocycles. The summed E-state index contributed by atoms with van der Waals surface area (Å²) in [6, 6.07) is 5.87. The van der Waals surface area contributed by atoms with Crippen LogP contribution in [0, 0.1) is 0 Å². The molecule has 9 heteroatoms. The minimum atomic E-state index is 0.180. The zero-order chi connectivity index (χ0) is 21.2. The molecule has 0 unspecified atom stereocenters. The standard InChI is InChI=1S/C22H23BrN4O4/c1-28-17-9-16-14-8-18(17)29-6-4-2-3-5-24-10-13-7-15(23)20-21(31-12-30-20)19(13)27-22(14)26-11-25-16/h7-9,11,24H,2-6,10,12H2,1H3,(H,25,26,27). The van der Waals surface area contributed by atoms with Gasteiger partial charge in [-0.1, -0.05) is 0 Å². The summed E-state index contributed by atoms with van der Waals surface area (Å²) in [6.45, 7) is 2.42. The summed E-state index contributed by atoms with van der Waals surface area (Å²) < 4.78 is 23.9. The van der Waals surface area contributed by atoms with E-state index in [1.54, 1.807) is 7.11 Å². The topological polar surface area (TPSA) is 86.8 Å². The number of aromatic nitrogens is 2. The van der Waals surface area contributed by atoms with Gasteiger partial charge in [-0.2, -0.15) is 0 Å². The van der Waals surface area contributed by atoms with Crippen LogP contribution >= 0.6 is 15.9 Å². The first kappa shape index (κ1) is 20.1. The van der Waals surface area contributed by atoms with Crippen molar-refractivity contribution in [1.29, 1.82) is 0 Å². The van der Waals surface area contributed by atoms with Gasteiger partial charge in [-0.25, -0.2) is 9.97 Å². The molecule has 31 heavy (non-hydrogen) atoms. The molecule has 162 valence electrons. The van der Waals surface area contributed by atoms with E-state index in [0.29, 0.717) is 42.0 Å². The van der Waals surface area contributed by atoms with E-state index in [-0.39, 0.29) is 6.79 Å². The van der Waals surface area contributed by atoms with Gasteiger partial charge in [0.05, 0.1) is 29.4 Å². The van der Waals surface area contributed by atoms with Gasteiger partial charge >= 0.3 is 0 Å². The van der Waals surface area contributed by atoms with Crippen molar-refractivity contribution in [3.05, 3.63) is 34.6 Å². The summed E-state index contributed by atoms with van der Waals surface area (Å²) in [6.07, 6.45) is 4.65. The predicted molar refractivity (Wildman–Crippen MR) is 121 cm³/mol. The molecule has 0 saturated heterocycles. The molecule has 2 N–H and O–H groups in total. The number of nitrogens with one attached hydrogen (secondary N) is 2. The number of fused-ring (bicyclic) bond motifs is 4. The van der Waals surface area contributed by atoms with E-state index in [2.05, 4.69) is 42.6 Å². The van der Waals surface area contributed by atoms with Gasteiger partial charge in [0.2, 0.25) is 6.79 Å². The van der Waals surface area contributed by atoms with Crippen LogP contribution in [-0.4, -0.2) is 37.0 Å². The highest BCUT2D eigenvalue weighted by molar-refractivity contribution is 9.10. The number of hydrogen-bond acceptors (Lipinski definition) is 8. The second-order valence-electron chi connectivity index (χ2n) is 7.41. The highest BCUT2D eigenvalue weighted by Gasteiger charge is 2.25. The Bertz CT molecular complexity index is 1120. The fourth-order valence-corrected chi connectivity index (χ4v) is 4.41. The van der Waals surface area contributed by atoms with Crippen molar-refractivity contribution in [3.8, 4) is 23.0 Å². The Balaban J connectivity index is 1.66. The Kier molecular flexibility index (Phi) is 5.69. The molecule has 0 atom stereocenters. The molecular weight excluding hydrogens is 464 g/mol. The predicted octanol–water partition coefficient (Wildman–Crippen LogP) is 4.53.